The largest absolute Gasteiger partial charge is 0.459 e. The maximum absolute atomic E-state index is 11.7. The summed E-state index contributed by atoms with van der Waals surface area (Å²) < 4.78 is 5.34. The first-order chi connectivity index (χ1) is 10.5. The summed E-state index contributed by atoms with van der Waals surface area (Å²) in [4.78, 5) is 46.6. The lowest BCUT2D eigenvalue weighted by molar-refractivity contribution is -0.386. The molecule has 0 unspecified atom stereocenters. The van der Waals surface area contributed by atoms with Crippen LogP contribution in [0.15, 0.2) is 46.1 Å². The lowest BCUT2D eigenvalue weighted by Gasteiger charge is -2.06. The van der Waals surface area contributed by atoms with Crippen molar-refractivity contribution in [2.45, 2.75) is 13.2 Å². The van der Waals surface area contributed by atoms with E-state index in [1.54, 1.807) is 30.3 Å². The Morgan fingerprint density at radius 3 is 2.59 bits per heavy atom. The molecule has 1 aromatic carbocycles. The quantitative estimate of drug-likeness (QED) is 0.477. The molecule has 22 heavy (non-hydrogen) atoms. The minimum Gasteiger partial charge on any atom is -0.459 e. The van der Waals surface area contributed by atoms with Crippen LogP contribution in [0.4, 0.5) is 5.69 Å². The Hall–Kier alpha value is -3.23. The number of carbonyl (C=O) groups is 1. The molecule has 0 aliphatic carbocycles. The van der Waals surface area contributed by atoms with Crippen molar-refractivity contribution in [3.8, 4) is 0 Å². The number of hydrogen-bond acceptors (Lipinski definition) is 6. The Kier molecular flexibility index (Phi) is 4.47. The second-order valence-corrected chi connectivity index (χ2v) is 4.27. The minimum atomic E-state index is -1.16. The highest BCUT2D eigenvalue weighted by molar-refractivity contribution is 5.69. The van der Waals surface area contributed by atoms with Crippen molar-refractivity contribution in [1.29, 1.82) is 0 Å². The van der Waals surface area contributed by atoms with Crippen molar-refractivity contribution in [3.05, 3.63) is 73.0 Å². The summed E-state index contributed by atoms with van der Waals surface area (Å²) in [6.45, 7) is -0.732. The molecular formula is C13H11N3O6. The molecule has 0 saturated heterocycles. The maximum Gasteiger partial charge on any atom is 0.350 e. The Morgan fingerprint density at radius 1 is 1.27 bits per heavy atom. The van der Waals surface area contributed by atoms with Gasteiger partial charge in [0.05, 0.1) is 11.1 Å². The Labute approximate surface area is 122 Å². The molecule has 2 aromatic rings. The van der Waals surface area contributed by atoms with Crippen LogP contribution < -0.4 is 11.2 Å². The summed E-state index contributed by atoms with van der Waals surface area (Å²) in [6, 6.07) is 8.80. The van der Waals surface area contributed by atoms with Gasteiger partial charge in [0.15, 0.2) is 0 Å². The first kappa shape index (κ1) is 15.2. The zero-order valence-corrected chi connectivity index (χ0v) is 11.2. The van der Waals surface area contributed by atoms with Gasteiger partial charge in [0.2, 0.25) is 0 Å². The summed E-state index contributed by atoms with van der Waals surface area (Å²) in [6.07, 6.45) is 0.691. The zero-order chi connectivity index (χ0) is 16.1. The third-order valence-corrected chi connectivity index (χ3v) is 2.77. The van der Waals surface area contributed by atoms with Crippen LogP contribution in [0.25, 0.3) is 0 Å². The number of hydrogen-bond donors (Lipinski definition) is 1. The number of aromatic nitrogens is 2. The van der Waals surface area contributed by atoms with Gasteiger partial charge in [0.1, 0.15) is 13.2 Å². The van der Waals surface area contributed by atoms with Gasteiger partial charge in [-0.05, 0) is 5.56 Å². The van der Waals surface area contributed by atoms with E-state index in [9.17, 15) is 24.5 Å². The average molecular weight is 305 g/mol. The molecule has 9 nitrogen and oxygen atoms in total. The SMILES string of the molecule is O=C(Cn1c(=O)[nH]cc([N+](=O)[O-])c1=O)OCc1ccccc1. The molecule has 9 heteroatoms. The van der Waals surface area contributed by atoms with Crippen molar-refractivity contribution >= 4 is 11.7 Å². The minimum absolute atomic E-state index is 0.0265. The molecule has 0 bridgehead atoms. The number of ether oxygens (including phenoxy) is 1. The number of rotatable bonds is 5. The van der Waals surface area contributed by atoms with Gasteiger partial charge in [0, 0.05) is 0 Å². The molecule has 0 aliphatic heterocycles. The third kappa shape index (κ3) is 3.45. The highest BCUT2D eigenvalue weighted by atomic mass is 16.6. The summed E-state index contributed by atoms with van der Waals surface area (Å²) in [5.74, 6) is -0.850. The number of carbonyl (C=O) groups excluding carboxylic acids is 1. The highest BCUT2D eigenvalue weighted by Crippen LogP contribution is 2.01. The predicted molar refractivity (Wildman–Crippen MR) is 74.2 cm³/mol. The molecule has 114 valence electrons. The second-order valence-electron chi connectivity index (χ2n) is 4.27. The summed E-state index contributed by atoms with van der Waals surface area (Å²) in [5, 5.41) is 10.6. The van der Waals surface area contributed by atoms with Crippen LogP contribution in [0.3, 0.4) is 0 Å². The smallest absolute Gasteiger partial charge is 0.350 e. The molecule has 1 N–H and O–H groups in total. The molecule has 0 aliphatic rings. The van der Waals surface area contributed by atoms with Crippen molar-refractivity contribution < 1.29 is 14.5 Å². The molecular weight excluding hydrogens is 294 g/mol. The van der Waals surface area contributed by atoms with Gasteiger partial charge in [-0.25, -0.2) is 9.36 Å². The molecule has 0 radical (unpaired) electrons. The van der Waals surface area contributed by atoms with E-state index in [-0.39, 0.29) is 6.61 Å². The highest BCUT2D eigenvalue weighted by Gasteiger charge is 2.18. The number of nitrogens with zero attached hydrogens (tertiary/aromatic N) is 2. The molecule has 1 heterocycles. The van der Waals surface area contributed by atoms with Crippen LogP contribution in [0.1, 0.15) is 5.56 Å². The lowest BCUT2D eigenvalue weighted by Crippen LogP contribution is -2.38. The Balaban J connectivity index is 2.12. The molecule has 0 fully saturated rings. The third-order valence-electron chi connectivity index (χ3n) is 2.77. The van der Waals surface area contributed by atoms with Gasteiger partial charge in [-0.1, -0.05) is 30.3 Å². The van der Waals surface area contributed by atoms with Crippen molar-refractivity contribution in [2.24, 2.45) is 0 Å². The van der Waals surface area contributed by atoms with Crippen LogP contribution in [-0.4, -0.2) is 20.4 Å². The molecule has 0 saturated carbocycles. The van der Waals surface area contributed by atoms with E-state index in [0.29, 0.717) is 10.8 Å². The number of esters is 1. The second kappa shape index (κ2) is 6.48. The van der Waals surface area contributed by atoms with Crippen LogP contribution in [0, 0.1) is 10.1 Å². The van der Waals surface area contributed by atoms with Gasteiger partial charge in [-0.3, -0.25) is 19.7 Å². The molecule has 0 atom stereocenters. The fourth-order valence-electron chi connectivity index (χ4n) is 1.69. The monoisotopic (exact) mass is 305 g/mol. The van der Waals surface area contributed by atoms with Crippen LogP contribution in [0.2, 0.25) is 0 Å². The normalized spacial score (nSPS) is 10.2. The van der Waals surface area contributed by atoms with Gasteiger partial charge in [-0.2, -0.15) is 0 Å². The lowest BCUT2D eigenvalue weighted by atomic mass is 10.2. The summed E-state index contributed by atoms with van der Waals surface area (Å²) >= 11 is 0. The number of benzene rings is 1. The van der Waals surface area contributed by atoms with Crippen LogP contribution in [0.5, 0.6) is 0 Å². The summed E-state index contributed by atoms with van der Waals surface area (Å²) in [5.41, 5.74) is -2.18. The van der Waals surface area contributed by atoms with E-state index in [0.717, 1.165) is 5.56 Å². The fraction of sp³-hybridized carbons (Fsp3) is 0.154. The standard InChI is InChI=1S/C13H11N3O6/c17-11(22-8-9-4-2-1-3-5-9)7-15-12(18)10(16(20)21)6-14-13(15)19/h1-6H,7-8H2,(H,14,19). The Bertz CT molecular complexity index is 809. The van der Waals surface area contributed by atoms with E-state index in [1.165, 1.54) is 0 Å². The molecule has 1 aromatic heterocycles. The first-order valence-electron chi connectivity index (χ1n) is 6.15. The van der Waals surface area contributed by atoms with Crippen LogP contribution >= 0.6 is 0 Å². The molecule has 0 spiro atoms. The molecule has 2 rings (SSSR count). The summed E-state index contributed by atoms with van der Waals surface area (Å²) in [7, 11) is 0. The van der Waals surface area contributed by atoms with Crippen LogP contribution in [-0.2, 0) is 22.7 Å². The van der Waals surface area contributed by atoms with Gasteiger partial charge >= 0.3 is 22.9 Å². The fourth-order valence-corrected chi connectivity index (χ4v) is 1.69. The predicted octanol–water partition coefficient (Wildman–Crippen LogP) is 0.188. The van der Waals surface area contributed by atoms with E-state index in [2.05, 4.69) is 0 Å². The number of nitro groups is 1. The van der Waals surface area contributed by atoms with Crippen molar-refractivity contribution in [1.82, 2.24) is 9.55 Å². The first-order valence-corrected chi connectivity index (χ1v) is 6.15. The van der Waals surface area contributed by atoms with Gasteiger partial charge in [0.25, 0.3) is 0 Å². The molecule has 0 amide bonds. The van der Waals surface area contributed by atoms with E-state index in [1.807, 2.05) is 4.98 Å². The van der Waals surface area contributed by atoms with Crippen molar-refractivity contribution in [2.75, 3.05) is 0 Å². The topological polar surface area (TPSA) is 124 Å². The number of nitrogens with one attached hydrogen (secondary N) is 1. The zero-order valence-electron chi connectivity index (χ0n) is 11.2. The van der Waals surface area contributed by atoms with Gasteiger partial charge < -0.3 is 9.72 Å². The average Bonchev–Trinajstić information content (AvgIpc) is 2.50. The maximum atomic E-state index is 11.7. The van der Waals surface area contributed by atoms with E-state index in [4.69, 9.17) is 4.74 Å². The van der Waals surface area contributed by atoms with E-state index < -0.39 is 34.4 Å². The van der Waals surface area contributed by atoms with Crippen molar-refractivity contribution in [3.63, 3.8) is 0 Å². The number of H-pyrrole nitrogens is 1. The van der Waals surface area contributed by atoms with Gasteiger partial charge in [-0.15, -0.1) is 0 Å². The van der Waals surface area contributed by atoms with E-state index >= 15 is 0 Å². The Morgan fingerprint density at radius 2 is 1.95 bits per heavy atom. The number of aromatic amines is 1.